The Balaban J connectivity index is 2.15. The van der Waals surface area contributed by atoms with Gasteiger partial charge in [0.25, 0.3) is 5.91 Å². The lowest BCUT2D eigenvalue weighted by Crippen LogP contribution is -2.34. The Labute approximate surface area is 108 Å². The number of carbonyl (C=O) groups excluding carboxylic acids is 1. The number of likely N-dealkylation sites (N-methyl/N-ethyl adjacent to an activating group) is 1. The molecule has 1 amide bonds. The first-order valence-electron chi connectivity index (χ1n) is 6.66. The Morgan fingerprint density at radius 1 is 1.56 bits per heavy atom. The quantitative estimate of drug-likeness (QED) is 0.883. The first-order valence-corrected chi connectivity index (χ1v) is 6.66. The van der Waals surface area contributed by atoms with Crippen LogP contribution in [0, 0.1) is 0 Å². The maximum atomic E-state index is 11.6. The summed E-state index contributed by atoms with van der Waals surface area (Å²) in [6.45, 7) is 5.52. The van der Waals surface area contributed by atoms with Gasteiger partial charge in [-0.3, -0.25) is 4.79 Å². The number of likely N-dealkylation sites (tertiary alicyclic amines) is 1. The smallest absolute Gasteiger partial charge is 0.269 e. The van der Waals surface area contributed by atoms with Crippen LogP contribution in [-0.2, 0) is 0 Å². The van der Waals surface area contributed by atoms with E-state index < -0.39 is 0 Å². The predicted octanol–water partition coefficient (Wildman–Crippen LogP) is 1.64. The minimum atomic E-state index is -0.111. The second-order valence-corrected chi connectivity index (χ2v) is 4.76. The van der Waals surface area contributed by atoms with Crippen LogP contribution >= 0.6 is 0 Å². The summed E-state index contributed by atoms with van der Waals surface area (Å²) in [5.41, 5.74) is 1.57. The maximum Gasteiger partial charge on any atom is 0.269 e. The summed E-state index contributed by atoms with van der Waals surface area (Å²) in [7, 11) is 1.64. The van der Waals surface area contributed by atoms with E-state index >= 15 is 0 Å². The normalized spacial score (nSPS) is 20.7. The van der Waals surface area contributed by atoms with Crippen molar-refractivity contribution in [3.8, 4) is 0 Å². The second kappa shape index (κ2) is 5.96. The Morgan fingerprint density at radius 3 is 3.11 bits per heavy atom. The Morgan fingerprint density at radius 2 is 2.39 bits per heavy atom. The molecule has 98 valence electrons. The molecule has 0 spiro atoms. The first kappa shape index (κ1) is 13.0. The monoisotopic (exact) mass is 247 g/mol. The van der Waals surface area contributed by atoms with E-state index in [4.69, 9.17) is 0 Å². The number of rotatable bonds is 3. The van der Waals surface area contributed by atoms with Crippen molar-refractivity contribution in [2.75, 3.05) is 26.7 Å². The summed E-state index contributed by atoms with van der Waals surface area (Å²) < 4.78 is 0. The molecule has 2 heterocycles. The molecule has 0 unspecified atom stereocenters. The Hall–Kier alpha value is -1.42. The molecule has 0 aromatic carbocycles. The fraction of sp³-hybridized carbons (Fsp3) is 0.571. The van der Waals surface area contributed by atoms with Gasteiger partial charge in [-0.15, -0.1) is 0 Å². The molecule has 1 aliphatic rings. The SMILES string of the molecule is CCN1CCC[C@@H](c2cccc(C(=O)NC)n2)C1. The van der Waals surface area contributed by atoms with Gasteiger partial charge >= 0.3 is 0 Å². The van der Waals surface area contributed by atoms with Gasteiger partial charge in [-0.2, -0.15) is 0 Å². The van der Waals surface area contributed by atoms with Gasteiger partial charge in [0.15, 0.2) is 0 Å². The minimum Gasteiger partial charge on any atom is -0.354 e. The summed E-state index contributed by atoms with van der Waals surface area (Å²) in [4.78, 5) is 18.5. The van der Waals surface area contributed by atoms with E-state index in [-0.39, 0.29) is 5.91 Å². The molecule has 18 heavy (non-hydrogen) atoms. The molecule has 2 rings (SSSR count). The van der Waals surface area contributed by atoms with E-state index in [0.29, 0.717) is 11.6 Å². The lowest BCUT2D eigenvalue weighted by atomic mass is 9.94. The lowest BCUT2D eigenvalue weighted by molar-refractivity contribution is 0.0957. The van der Waals surface area contributed by atoms with Gasteiger partial charge < -0.3 is 10.2 Å². The summed E-state index contributed by atoms with van der Waals surface area (Å²) in [6.07, 6.45) is 2.38. The molecule has 1 aliphatic heterocycles. The molecule has 1 aromatic heterocycles. The number of hydrogen-bond acceptors (Lipinski definition) is 3. The fourth-order valence-electron chi connectivity index (χ4n) is 2.52. The van der Waals surface area contributed by atoms with Crippen molar-refractivity contribution in [1.29, 1.82) is 0 Å². The summed E-state index contributed by atoms with van der Waals surface area (Å²) in [5.74, 6) is 0.350. The number of nitrogens with zero attached hydrogens (tertiary/aromatic N) is 2. The van der Waals surface area contributed by atoms with Crippen molar-refractivity contribution >= 4 is 5.91 Å². The molecule has 4 heteroatoms. The van der Waals surface area contributed by atoms with Crippen molar-refractivity contribution in [2.45, 2.75) is 25.7 Å². The molecule has 0 bridgehead atoms. The average Bonchev–Trinajstić information content (AvgIpc) is 2.46. The van der Waals surface area contributed by atoms with Gasteiger partial charge in [0.1, 0.15) is 5.69 Å². The van der Waals surface area contributed by atoms with Crippen LogP contribution in [0.1, 0.15) is 41.9 Å². The standard InChI is InChI=1S/C14H21N3O/c1-3-17-9-5-6-11(10-17)12-7-4-8-13(16-12)14(18)15-2/h4,7-8,11H,3,5-6,9-10H2,1-2H3,(H,15,18)/t11-/m1/s1. The molecule has 1 N–H and O–H groups in total. The molecule has 1 aromatic rings. The van der Waals surface area contributed by atoms with Crippen LogP contribution in [0.5, 0.6) is 0 Å². The topological polar surface area (TPSA) is 45.2 Å². The van der Waals surface area contributed by atoms with Crippen molar-refractivity contribution in [1.82, 2.24) is 15.2 Å². The van der Waals surface area contributed by atoms with Gasteiger partial charge in [0, 0.05) is 25.2 Å². The van der Waals surface area contributed by atoms with Gasteiger partial charge in [-0.25, -0.2) is 4.98 Å². The molecule has 1 fully saturated rings. The second-order valence-electron chi connectivity index (χ2n) is 4.76. The van der Waals surface area contributed by atoms with E-state index in [2.05, 4.69) is 22.1 Å². The van der Waals surface area contributed by atoms with Crippen molar-refractivity contribution in [2.24, 2.45) is 0 Å². The van der Waals surface area contributed by atoms with Gasteiger partial charge in [-0.05, 0) is 38.1 Å². The fourth-order valence-corrected chi connectivity index (χ4v) is 2.52. The summed E-state index contributed by atoms with van der Waals surface area (Å²) in [6, 6.07) is 5.73. The zero-order chi connectivity index (χ0) is 13.0. The zero-order valence-electron chi connectivity index (χ0n) is 11.1. The third-order valence-electron chi connectivity index (χ3n) is 3.60. The molecule has 0 saturated carbocycles. The highest BCUT2D eigenvalue weighted by Crippen LogP contribution is 2.25. The van der Waals surface area contributed by atoms with E-state index in [0.717, 1.165) is 18.8 Å². The summed E-state index contributed by atoms with van der Waals surface area (Å²) in [5, 5.41) is 2.62. The number of piperidine rings is 1. The third kappa shape index (κ3) is 2.88. The predicted molar refractivity (Wildman–Crippen MR) is 71.7 cm³/mol. The molecule has 4 nitrogen and oxygen atoms in total. The first-order chi connectivity index (χ1) is 8.74. The summed E-state index contributed by atoms with van der Waals surface area (Å²) >= 11 is 0. The number of nitrogens with one attached hydrogen (secondary N) is 1. The largest absolute Gasteiger partial charge is 0.354 e. The maximum absolute atomic E-state index is 11.6. The van der Waals surface area contributed by atoms with Crippen molar-refractivity contribution in [3.63, 3.8) is 0 Å². The highest BCUT2D eigenvalue weighted by Gasteiger charge is 2.21. The molecule has 1 atom stereocenters. The molecule has 0 aliphatic carbocycles. The van der Waals surface area contributed by atoms with E-state index in [1.165, 1.54) is 19.4 Å². The average molecular weight is 247 g/mol. The van der Waals surface area contributed by atoms with Gasteiger partial charge in [0.2, 0.25) is 0 Å². The number of amides is 1. The van der Waals surface area contributed by atoms with Crippen molar-refractivity contribution in [3.05, 3.63) is 29.6 Å². The highest BCUT2D eigenvalue weighted by atomic mass is 16.1. The van der Waals surface area contributed by atoms with E-state index in [1.807, 2.05) is 12.1 Å². The van der Waals surface area contributed by atoms with Crippen LogP contribution < -0.4 is 5.32 Å². The molecule has 0 radical (unpaired) electrons. The van der Waals surface area contributed by atoms with Crippen LogP contribution in [0.2, 0.25) is 0 Å². The molecular formula is C14H21N3O. The zero-order valence-corrected chi connectivity index (χ0v) is 11.1. The van der Waals surface area contributed by atoms with Crippen LogP contribution in [0.3, 0.4) is 0 Å². The van der Waals surface area contributed by atoms with Crippen LogP contribution in [0.4, 0.5) is 0 Å². The minimum absolute atomic E-state index is 0.111. The highest BCUT2D eigenvalue weighted by molar-refractivity contribution is 5.91. The van der Waals surface area contributed by atoms with E-state index in [9.17, 15) is 4.79 Å². The van der Waals surface area contributed by atoms with Crippen LogP contribution in [-0.4, -0.2) is 42.5 Å². The number of carbonyl (C=O) groups is 1. The van der Waals surface area contributed by atoms with E-state index in [1.54, 1.807) is 13.1 Å². The lowest BCUT2D eigenvalue weighted by Gasteiger charge is -2.31. The van der Waals surface area contributed by atoms with Gasteiger partial charge in [0.05, 0.1) is 0 Å². The Kier molecular flexibility index (Phi) is 4.31. The van der Waals surface area contributed by atoms with Crippen LogP contribution in [0.15, 0.2) is 18.2 Å². The molecule has 1 saturated heterocycles. The van der Waals surface area contributed by atoms with Crippen molar-refractivity contribution < 1.29 is 4.79 Å². The number of aromatic nitrogens is 1. The number of pyridine rings is 1. The van der Waals surface area contributed by atoms with Gasteiger partial charge in [-0.1, -0.05) is 13.0 Å². The third-order valence-corrected chi connectivity index (χ3v) is 3.60. The molecular weight excluding hydrogens is 226 g/mol. The van der Waals surface area contributed by atoms with Crippen LogP contribution in [0.25, 0.3) is 0 Å². The number of hydrogen-bond donors (Lipinski definition) is 1. The Bertz CT molecular complexity index is 419.